The topological polar surface area (TPSA) is 172 Å². The van der Waals surface area contributed by atoms with Gasteiger partial charge in [0.1, 0.15) is 12.2 Å². The van der Waals surface area contributed by atoms with Gasteiger partial charge in [0.05, 0.1) is 36.1 Å². The molecule has 0 aromatic heterocycles. The Kier molecular flexibility index (Phi) is 11.4. The van der Waals surface area contributed by atoms with Gasteiger partial charge >= 0.3 is 0 Å². The zero-order valence-electron chi connectivity index (χ0n) is 44.6. The minimum atomic E-state index is -5.06. The van der Waals surface area contributed by atoms with Gasteiger partial charge < -0.3 is 34.1 Å². The van der Waals surface area contributed by atoms with Crippen LogP contribution in [0.2, 0.25) is 0 Å². The second-order valence-electron chi connectivity index (χ2n) is 28.4. The van der Waals surface area contributed by atoms with Crippen molar-refractivity contribution in [2.45, 2.75) is 233 Å². The number of aliphatic hydroxyl groups is 3. The number of ether oxygens (including phenoxy) is 3. The van der Waals surface area contributed by atoms with Crippen LogP contribution in [0.4, 0.5) is 0 Å². The van der Waals surface area contributed by atoms with Crippen molar-refractivity contribution in [3.05, 3.63) is 33.9 Å². The van der Waals surface area contributed by atoms with Crippen molar-refractivity contribution in [3.8, 4) is 0 Å². The first kappa shape index (κ1) is 50.7. The molecular formula is C58H87O11S-. The van der Waals surface area contributed by atoms with Crippen LogP contribution in [-0.2, 0) is 33.6 Å². The van der Waals surface area contributed by atoms with Gasteiger partial charge in [-0.3, -0.25) is 8.98 Å². The molecule has 11 nitrogen and oxygen atoms in total. The van der Waals surface area contributed by atoms with Crippen molar-refractivity contribution in [1.29, 1.82) is 0 Å². The number of Topliss-reactive ketones (excluding diaryl/α,β-unsaturated/α-hetero) is 1. The molecule has 4 aliphatic heterocycles. The number of fused-ring (bicyclic) bond motifs is 10. The Morgan fingerprint density at radius 2 is 1.50 bits per heavy atom. The number of hydrogen-bond donors (Lipinski definition) is 3. The van der Waals surface area contributed by atoms with Gasteiger partial charge in [-0.15, -0.1) is 0 Å². The van der Waals surface area contributed by atoms with Gasteiger partial charge in [0.2, 0.25) is 10.4 Å². The van der Waals surface area contributed by atoms with Gasteiger partial charge in [0.15, 0.2) is 11.6 Å². The minimum absolute atomic E-state index is 0.0357. The van der Waals surface area contributed by atoms with E-state index in [1.165, 1.54) is 35.1 Å². The monoisotopic (exact) mass is 992 g/mol. The summed E-state index contributed by atoms with van der Waals surface area (Å²) in [4.78, 5) is 13.2. The van der Waals surface area contributed by atoms with Crippen molar-refractivity contribution >= 4 is 16.2 Å². The fourth-order valence-corrected chi connectivity index (χ4v) is 21.5. The third-order valence-corrected chi connectivity index (χ3v) is 24.7. The van der Waals surface area contributed by atoms with E-state index in [4.69, 9.17) is 18.4 Å². The van der Waals surface area contributed by atoms with Gasteiger partial charge in [-0.1, -0.05) is 82.4 Å². The molecule has 8 aliphatic carbocycles. The lowest BCUT2D eigenvalue weighted by atomic mass is 9.42. The normalized spacial score (nSPS) is 50.5. The molecule has 12 rings (SSSR count). The second-order valence-corrected chi connectivity index (χ2v) is 29.4. The van der Waals surface area contributed by atoms with Crippen LogP contribution in [0.15, 0.2) is 33.9 Å². The summed E-state index contributed by atoms with van der Waals surface area (Å²) in [6, 6.07) is 0. The van der Waals surface area contributed by atoms with Crippen LogP contribution in [0.25, 0.3) is 0 Å². The zero-order chi connectivity index (χ0) is 50.5. The summed E-state index contributed by atoms with van der Waals surface area (Å²) in [7, 11) is -5.06. The quantitative estimate of drug-likeness (QED) is 0.120. The first-order chi connectivity index (χ1) is 32.4. The number of aliphatic hydroxyl groups excluding tert-OH is 2. The highest BCUT2D eigenvalue weighted by molar-refractivity contribution is 7.80. The number of carbonyl (C=O) groups is 1. The summed E-state index contributed by atoms with van der Waals surface area (Å²) in [5, 5.41) is 34.3. The van der Waals surface area contributed by atoms with Crippen molar-refractivity contribution in [2.75, 3.05) is 6.61 Å². The fraction of sp³-hybridized carbons (Fsp3) is 0.879. The summed E-state index contributed by atoms with van der Waals surface area (Å²) in [6.45, 7) is 27.0. The standard InChI is InChI=1S/C58H88O11S/c1-31(36-15-17-38-34-14-19-45-50(3,4)49(61)42(59)28-55(45,11)40(34)21-23-53(36,38)9)13-20-47-56(12)27-33(52(7,8)69-56)25-43(67-47)32(2)37-16-18-39-35-26-44(68-70(63,64)65)48-51(5,6)58(62)46(60)29-57(48,30-66-58)41(35)22-24-54(37,39)10/h19,31-33,36-39,42-44,46-48,59-60,62H,13-18,20-30H2,1-12H3,(H,63,64,65)/p-1/t31-,32+,33-,36-,37-,38+,39+,42+,43-,44+,46+,47+,48+,53-,54-,55-,56-,57+,58+/m1/s1. The molecule has 4 saturated carbocycles. The number of ketones is 1. The van der Waals surface area contributed by atoms with E-state index in [1.54, 1.807) is 5.57 Å². The average molecular weight is 992 g/mol. The Hall–Kier alpha value is -1.48. The molecule has 4 saturated heterocycles. The molecule has 0 radical (unpaired) electrons. The third-order valence-electron chi connectivity index (χ3n) is 24.2. The largest absolute Gasteiger partial charge is 0.726 e. The molecule has 0 aromatic rings. The third kappa shape index (κ3) is 6.83. The van der Waals surface area contributed by atoms with E-state index in [1.807, 2.05) is 27.7 Å². The summed E-state index contributed by atoms with van der Waals surface area (Å²) in [5.74, 6) is 0.389. The molecule has 0 aromatic carbocycles. The summed E-state index contributed by atoms with van der Waals surface area (Å²) < 4.78 is 63.8. The highest BCUT2D eigenvalue weighted by Gasteiger charge is 2.74. The van der Waals surface area contributed by atoms with Gasteiger partial charge in [-0.25, -0.2) is 8.42 Å². The zero-order valence-corrected chi connectivity index (χ0v) is 45.4. The number of carbonyl (C=O) groups excluding carboxylic acids is 1. The lowest BCUT2D eigenvalue weighted by molar-refractivity contribution is -0.408. The maximum Gasteiger partial charge on any atom is 0.217 e. The van der Waals surface area contributed by atoms with Crippen molar-refractivity contribution < 1.29 is 51.5 Å². The Morgan fingerprint density at radius 1 is 0.857 bits per heavy atom. The van der Waals surface area contributed by atoms with E-state index >= 15 is 0 Å². The highest BCUT2D eigenvalue weighted by atomic mass is 32.3. The molecule has 12 aliphatic rings. The van der Waals surface area contributed by atoms with Crippen LogP contribution in [0.1, 0.15) is 186 Å². The lowest BCUT2D eigenvalue weighted by Crippen LogP contribution is -2.76. The van der Waals surface area contributed by atoms with Gasteiger partial charge in [0.25, 0.3) is 0 Å². The Morgan fingerprint density at radius 3 is 2.17 bits per heavy atom. The first-order valence-corrected chi connectivity index (χ1v) is 29.1. The Balaban J connectivity index is 0.828. The molecule has 0 unspecified atom stereocenters. The van der Waals surface area contributed by atoms with Crippen LogP contribution in [0.5, 0.6) is 0 Å². The molecule has 392 valence electrons. The van der Waals surface area contributed by atoms with Crippen LogP contribution < -0.4 is 0 Å². The SMILES string of the molecule is C[C@@H]([C@H]1CC[C@H]2C3=C(CC[C@]12C)[C@@]12CO[C@@](O)([C@@H](O)C1)C(C)(C)[C@@H]2[C@@H](OS(=O)(=O)[O-])C3)[C@H]1C[C@@H]2C[C@@](C)(OC2(C)C)[C@H](CC[C@@H](C)[C@H]2CC[C@H]3C4=C(CC[C@]23C)[C@@]2(C)C[C@H](O)C(=O)C(C)(C)C2=CC4)O1. The smallest absolute Gasteiger partial charge is 0.217 e. The Labute approximate surface area is 419 Å². The maximum absolute atomic E-state index is 13.2. The van der Waals surface area contributed by atoms with E-state index in [9.17, 15) is 33.1 Å². The van der Waals surface area contributed by atoms with Crippen molar-refractivity contribution in [2.24, 2.45) is 79.8 Å². The van der Waals surface area contributed by atoms with Gasteiger partial charge in [0, 0.05) is 27.6 Å². The van der Waals surface area contributed by atoms with Crippen molar-refractivity contribution in [1.82, 2.24) is 0 Å². The molecule has 4 heterocycles. The molecule has 0 amide bonds. The minimum Gasteiger partial charge on any atom is -0.726 e. The van der Waals surface area contributed by atoms with E-state index < -0.39 is 56.7 Å². The van der Waals surface area contributed by atoms with E-state index in [2.05, 4.69) is 61.5 Å². The van der Waals surface area contributed by atoms with E-state index in [0.717, 1.165) is 70.6 Å². The molecular weight excluding hydrogens is 905 g/mol. The number of rotatable bonds is 8. The lowest BCUT2D eigenvalue weighted by Gasteiger charge is -2.70. The average Bonchev–Trinajstić information content (AvgIpc) is 3.84. The van der Waals surface area contributed by atoms with E-state index in [0.29, 0.717) is 42.4 Å². The summed E-state index contributed by atoms with van der Waals surface area (Å²) >= 11 is 0. The fourth-order valence-electron chi connectivity index (χ4n) is 21.0. The van der Waals surface area contributed by atoms with Crippen LogP contribution in [-0.4, -0.2) is 88.2 Å². The van der Waals surface area contributed by atoms with Crippen LogP contribution in [0.3, 0.4) is 0 Å². The second kappa shape index (κ2) is 15.8. The molecule has 70 heavy (non-hydrogen) atoms. The predicted molar refractivity (Wildman–Crippen MR) is 264 cm³/mol. The van der Waals surface area contributed by atoms with Crippen LogP contribution in [0, 0.1) is 79.8 Å². The molecule has 4 bridgehead atoms. The molecule has 8 fully saturated rings. The van der Waals surface area contributed by atoms with E-state index in [-0.39, 0.29) is 70.3 Å². The van der Waals surface area contributed by atoms with Gasteiger partial charge in [-0.2, -0.15) is 0 Å². The summed E-state index contributed by atoms with van der Waals surface area (Å²) in [5.41, 5.74) is 3.56. The summed E-state index contributed by atoms with van der Waals surface area (Å²) in [6.07, 6.45) is 13.7. The highest BCUT2D eigenvalue weighted by Crippen LogP contribution is 2.73. The first-order valence-electron chi connectivity index (χ1n) is 27.8. The van der Waals surface area contributed by atoms with Gasteiger partial charge in [-0.05, 0) is 190 Å². The predicted octanol–water partition coefficient (Wildman–Crippen LogP) is 10.1. The molecule has 19 atom stereocenters. The molecule has 1 spiro atoms. The Bertz CT molecular complexity index is 2420. The maximum atomic E-state index is 13.2. The van der Waals surface area contributed by atoms with Crippen LogP contribution >= 0.6 is 0 Å². The number of allylic oxidation sites excluding steroid dienone is 4. The molecule has 12 heteroatoms. The van der Waals surface area contributed by atoms with Crippen molar-refractivity contribution in [3.63, 3.8) is 0 Å². The number of hydrogen-bond acceptors (Lipinski definition) is 11. The molecule has 3 N–H and O–H groups in total.